The first kappa shape index (κ1) is 27.6. The lowest BCUT2D eigenvalue weighted by Crippen LogP contribution is -2.22. The van der Waals surface area contributed by atoms with E-state index in [1.54, 1.807) is 0 Å². The van der Waals surface area contributed by atoms with Crippen LogP contribution in [0.4, 0.5) is 0 Å². The number of unbranched alkanes of at least 4 members (excludes halogenated alkanes) is 3. The highest BCUT2D eigenvalue weighted by Crippen LogP contribution is 2.27. The first-order valence-electron chi connectivity index (χ1n) is 12.6. The second-order valence-corrected chi connectivity index (χ2v) is 9.57. The van der Waals surface area contributed by atoms with Crippen LogP contribution in [0.2, 0.25) is 0 Å². The van der Waals surface area contributed by atoms with Gasteiger partial charge in [0.25, 0.3) is 0 Å². The van der Waals surface area contributed by atoms with Crippen LogP contribution in [0.1, 0.15) is 89.2 Å². The van der Waals surface area contributed by atoms with Gasteiger partial charge in [0.15, 0.2) is 6.29 Å². The van der Waals surface area contributed by atoms with Crippen molar-refractivity contribution in [3.8, 4) is 5.75 Å². The van der Waals surface area contributed by atoms with Gasteiger partial charge < -0.3 is 24.1 Å². The number of carbonyl (C=O) groups excluding carboxylic acids is 1. The van der Waals surface area contributed by atoms with Crippen LogP contribution >= 0.6 is 0 Å². The van der Waals surface area contributed by atoms with Gasteiger partial charge in [0.1, 0.15) is 5.75 Å². The number of methoxy groups -OCH3 is 1. The molecule has 188 valence electrons. The first-order valence-corrected chi connectivity index (χ1v) is 12.6. The van der Waals surface area contributed by atoms with Gasteiger partial charge in [0.2, 0.25) is 0 Å². The SMILES string of the molecule is COC(=O)CCc1c(CCCCCCOC2CCCCO2)cccc1OCCCC(C)(C)O. The van der Waals surface area contributed by atoms with Gasteiger partial charge in [-0.3, -0.25) is 4.79 Å². The number of rotatable bonds is 16. The Morgan fingerprint density at radius 1 is 1.09 bits per heavy atom. The van der Waals surface area contributed by atoms with Gasteiger partial charge in [-0.05, 0) is 88.8 Å². The minimum atomic E-state index is -0.687. The van der Waals surface area contributed by atoms with Crippen molar-refractivity contribution in [2.75, 3.05) is 26.9 Å². The minimum Gasteiger partial charge on any atom is -0.493 e. The summed E-state index contributed by atoms with van der Waals surface area (Å²) in [5.74, 6) is 0.632. The molecule has 2 rings (SSSR count). The van der Waals surface area contributed by atoms with Crippen molar-refractivity contribution >= 4 is 5.97 Å². The summed E-state index contributed by atoms with van der Waals surface area (Å²) in [7, 11) is 1.42. The van der Waals surface area contributed by atoms with Gasteiger partial charge in [0.05, 0.1) is 19.3 Å². The Hall–Kier alpha value is -1.63. The maximum absolute atomic E-state index is 11.7. The molecule has 6 nitrogen and oxygen atoms in total. The van der Waals surface area contributed by atoms with Gasteiger partial charge in [-0.15, -0.1) is 0 Å². The largest absolute Gasteiger partial charge is 0.493 e. The Morgan fingerprint density at radius 3 is 2.64 bits per heavy atom. The average molecular weight is 465 g/mol. The molecule has 1 aliphatic rings. The number of aliphatic hydroxyl groups is 1. The van der Waals surface area contributed by atoms with Crippen LogP contribution in [0, 0.1) is 0 Å². The normalized spacial score (nSPS) is 16.5. The summed E-state index contributed by atoms with van der Waals surface area (Å²) in [6.45, 7) is 5.76. The van der Waals surface area contributed by atoms with Crippen molar-refractivity contribution < 1.29 is 28.8 Å². The minimum absolute atomic E-state index is 0.00214. The predicted octanol–water partition coefficient (Wildman–Crippen LogP) is 5.37. The Bertz CT molecular complexity index is 676. The maximum atomic E-state index is 11.7. The summed E-state index contributed by atoms with van der Waals surface area (Å²) in [4.78, 5) is 11.7. The Balaban J connectivity index is 1.79. The van der Waals surface area contributed by atoms with Crippen molar-refractivity contribution in [1.82, 2.24) is 0 Å². The number of benzene rings is 1. The van der Waals surface area contributed by atoms with E-state index in [1.165, 1.54) is 19.1 Å². The van der Waals surface area contributed by atoms with E-state index in [2.05, 4.69) is 6.07 Å². The van der Waals surface area contributed by atoms with Crippen LogP contribution < -0.4 is 4.74 Å². The van der Waals surface area contributed by atoms with Gasteiger partial charge in [0, 0.05) is 19.6 Å². The van der Waals surface area contributed by atoms with Crippen molar-refractivity contribution in [1.29, 1.82) is 0 Å². The van der Waals surface area contributed by atoms with E-state index in [9.17, 15) is 9.90 Å². The average Bonchev–Trinajstić information content (AvgIpc) is 2.80. The number of aryl methyl sites for hydroxylation is 1. The number of carbonyl (C=O) groups is 1. The van der Waals surface area contributed by atoms with E-state index in [0.717, 1.165) is 75.9 Å². The lowest BCUT2D eigenvalue weighted by molar-refractivity contribution is -0.162. The molecule has 1 unspecified atom stereocenters. The van der Waals surface area contributed by atoms with Crippen LogP contribution in [0.15, 0.2) is 18.2 Å². The van der Waals surface area contributed by atoms with E-state index >= 15 is 0 Å². The molecule has 0 spiro atoms. The van der Waals surface area contributed by atoms with Gasteiger partial charge in [-0.25, -0.2) is 0 Å². The quantitative estimate of drug-likeness (QED) is 0.262. The molecule has 0 aliphatic carbocycles. The molecule has 1 aliphatic heterocycles. The molecule has 1 fully saturated rings. The third-order valence-electron chi connectivity index (χ3n) is 6.01. The maximum Gasteiger partial charge on any atom is 0.305 e. The van der Waals surface area contributed by atoms with Gasteiger partial charge in [-0.2, -0.15) is 0 Å². The van der Waals surface area contributed by atoms with E-state index in [0.29, 0.717) is 25.9 Å². The van der Waals surface area contributed by atoms with E-state index < -0.39 is 5.60 Å². The van der Waals surface area contributed by atoms with Crippen LogP contribution in [0.25, 0.3) is 0 Å². The van der Waals surface area contributed by atoms with Gasteiger partial charge >= 0.3 is 5.97 Å². The third-order valence-corrected chi connectivity index (χ3v) is 6.01. The van der Waals surface area contributed by atoms with Crippen LogP contribution in [0.5, 0.6) is 5.75 Å². The highest BCUT2D eigenvalue weighted by Gasteiger charge is 2.15. The highest BCUT2D eigenvalue weighted by molar-refractivity contribution is 5.69. The fourth-order valence-corrected chi connectivity index (χ4v) is 4.11. The molecule has 0 saturated carbocycles. The summed E-state index contributed by atoms with van der Waals surface area (Å²) in [6, 6.07) is 6.14. The molecule has 0 bridgehead atoms. The zero-order valence-corrected chi connectivity index (χ0v) is 20.9. The van der Waals surface area contributed by atoms with Crippen molar-refractivity contribution in [2.24, 2.45) is 0 Å². The number of esters is 1. The topological polar surface area (TPSA) is 74.2 Å². The molecule has 1 N–H and O–H groups in total. The molecule has 0 aromatic heterocycles. The number of ether oxygens (including phenoxy) is 4. The summed E-state index contributed by atoms with van der Waals surface area (Å²) in [5, 5.41) is 9.91. The van der Waals surface area contributed by atoms with Crippen molar-refractivity contribution in [2.45, 2.75) is 103 Å². The summed E-state index contributed by atoms with van der Waals surface area (Å²) >= 11 is 0. The standard InChI is InChI=1S/C27H44O6/c1-27(2,29)18-11-21-31-24-14-10-13-22(23(24)16-17-25(28)30-3)12-6-4-5-8-19-32-26-15-7-9-20-33-26/h10,13-14,26,29H,4-9,11-12,15-21H2,1-3H3. The highest BCUT2D eigenvalue weighted by atomic mass is 16.7. The van der Waals surface area contributed by atoms with Gasteiger partial charge in [-0.1, -0.05) is 25.0 Å². The second-order valence-electron chi connectivity index (χ2n) is 9.57. The zero-order valence-electron chi connectivity index (χ0n) is 20.9. The van der Waals surface area contributed by atoms with Crippen molar-refractivity contribution in [3.05, 3.63) is 29.3 Å². The molecule has 6 heteroatoms. The van der Waals surface area contributed by atoms with Crippen LogP contribution in [-0.2, 0) is 31.8 Å². The summed E-state index contributed by atoms with van der Waals surface area (Å²) in [5.41, 5.74) is 1.66. The zero-order chi connectivity index (χ0) is 23.9. The van der Waals surface area contributed by atoms with E-state index in [-0.39, 0.29) is 12.3 Å². The molecule has 33 heavy (non-hydrogen) atoms. The predicted molar refractivity (Wildman–Crippen MR) is 130 cm³/mol. The second kappa shape index (κ2) is 15.3. The molecule has 1 atom stereocenters. The molecular weight excluding hydrogens is 420 g/mol. The van der Waals surface area contributed by atoms with Crippen LogP contribution in [-0.4, -0.2) is 49.9 Å². The van der Waals surface area contributed by atoms with E-state index in [4.69, 9.17) is 18.9 Å². The smallest absolute Gasteiger partial charge is 0.305 e. The Labute approximate surface area is 199 Å². The lowest BCUT2D eigenvalue weighted by atomic mass is 9.96. The van der Waals surface area contributed by atoms with Crippen LogP contribution in [0.3, 0.4) is 0 Å². The summed E-state index contributed by atoms with van der Waals surface area (Å²) in [6.07, 6.45) is 11.2. The third kappa shape index (κ3) is 11.9. The number of hydrogen-bond acceptors (Lipinski definition) is 6. The Kier molecular flexibility index (Phi) is 12.8. The molecule has 1 saturated heterocycles. The summed E-state index contributed by atoms with van der Waals surface area (Å²) < 4.78 is 22.3. The monoisotopic (exact) mass is 464 g/mol. The first-order chi connectivity index (χ1) is 15.9. The molecule has 0 amide bonds. The fourth-order valence-electron chi connectivity index (χ4n) is 4.11. The van der Waals surface area contributed by atoms with Crippen molar-refractivity contribution in [3.63, 3.8) is 0 Å². The molecule has 1 aromatic rings. The number of hydrogen-bond donors (Lipinski definition) is 1. The van der Waals surface area contributed by atoms with E-state index in [1.807, 2.05) is 26.0 Å². The molecular formula is C27H44O6. The Morgan fingerprint density at radius 2 is 1.91 bits per heavy atom. The fraction of sp³-hybridized carbons (Fsp3) is 0.741. The molecule has 1 aromatic carbocycles. The molecule has 1 heterocycles. The molecule has 0 radical (unpaired) electrons. The lowest BCUT2D eigenvalue weighted by Gasteiger charge is -2.22.